The van der Waals surface area contributed by atoms with Gasteiger partial charge in [0.25, 0.3) is 5.69 Å². The van der Waals surface area contributed by atoms with Crippen molar-refractivity contribution < 1.29 is 14.5 Å². The van der Waals surface area contributed by atoms with Crippen molar-refractivity contribution in [2.45, 2.75) is 29.9 Å². The van der Waals surface area contributed by atoms with E-state index in [1.807, 2.05) is 24.3 Å². The predicted octanol–water partition coefficient (Wildman–Crippen LogP) is 4.88. The molecule has 3 aromatic rings. The van der Waals surface area contributed by atoms with Crippen molar-refractivity contribution in [2.24, 2.45) is 0 Å². The van der Waals surface area contributed by atoms with Crippen molar-refractivity contribution in [2.75, 3.05) is 17.7 Å². The smallest absolute Gasteiger partial charge is 0.271 e. The van der Waals surface area contributed by atoms with Crippen molar-refractivity contribution in [3.8, 4) is 5.75 Å². The van der Waals surface area contributed by atoms with Crippen LogP contribution in [0.1, 0.15) is 19.4 Å². The van der Waals surface area contributed by atoms with Gasteiger partial charge in [-0.15, -0.1) is 10.2 Å². The number of hydrogen-bond acceptors (Lipinski definition) is 9. The van der Waals surface area contributed by atoms with E-state index in [9.17, 15) is 14.9 Å². The van der Waals surface area contributed by atoms with E-state index in [1.54, 1.807) is 6.92 Å². The number of aromatic nitrogens is 2. The van der Waals surface area contributed by atoms with Crippen LogP contribution >= 0.6 is 23.1 Å². The predicted molar refractivity (Wildman–Crippen MR) is 123 cm³/mol. The van der Waals surface area contributed by atoms with E-state index in [0.29, 0.717) is 15.2 Å². The zero-order valence-electron chi connectivity index (χ0n) is 17.1. The van der Waals surface area contributed by atoms with Gasteiger partial charge in [-0.2, -0.15) is 0 Å². The van der Waals surface area contributed by atoms with Crippen LogP contribution in [-0.4, -0.2) is 33.4 Å². The average Bonchev–Trinajstić information content (AvgIpc) is 3.20. The number of nitrogens with one attached hydrogen (secondary N) is 2. The lowest BCUT2D eigenvalue weighted by Gasteiger charge is -2.13. The molecule has 0 aliphatic rings. The number of amides is 1. The molecule has 11 heteroatoms. The zero-order valence-corrected chi connectivity index (χ0v) is 18.8. The number of aryl methyl sites for hydroxylation is 1. The van der Waals surface area contributed by atoms with E-state index >= 15 is 0 Å². The lowest BCUT2D eigenvalue weighted by atomic mass is 10.1. The van der Waals surface area contributed by atoms with Crippen LogP contribution in [0.2, 0.25) is 0 Å². The minimum Gasteiger partial charge on any atom is -0.495 e. The van der Waals surface area contributed by atoms with Gasteiger partial charge in [0.1, 0.15) is 5.75 Å². The second-order valence-corrected chi connectivity index (χ2v) is 9.01. The van der Waals surface area contributed by atoms with Gasteiger partial charge in [-0.1, -0.05) is 42.2 Å². The number of carbonyl (C=O) groups is 1. The van der Waals surface area contributed by atoms with Crippen molar-refractivity contribution in [3.63, 3.8) is 0 Å². The maximum Gasteiger partial charge on any atom is 0.271 e. The number of non-ortho nitro benzene ring substituents is 1. The molecular formula is C20H21N5O4S2. The summed E-state index contributed by atoms with van der Waals surface area (Å²) in [5.74, 6) is 0.0105. The highest BCUT2D eigenvalue weighted by molar-refractivity contribution is 8.02. The summed E-state index contributed by atoms with van der Waals surface area (Å²) < 4.78 is 5.81. The third-order valence-corrected chi connectivity index (χ3v) is 6.34. The minimum atomic E-state index is -0.529. The molecule has 0 aliphatic heterocycles. The van der Waals surface area contributed by atoms with E-state index < -0.39 is 10.2 Å². The molecule has 0 saturated carbocycles. The fourth-order valence-electron chi connectivity index (χ4n) is 2.60. The van der Waals surface area contributed by atoms with E-state index in [1.165, 1.54) is 54.0 Å². The number of methoxy groups -OCH3 is 1. The summed E-state index contributed by atoms with van der Waals surface area (Å²) in [5.41, 5.74) is 2.26. The summed E-state index contributed by atoms with van der Waals surface area (Å²) in [4.78, 5) is 23.1. The lowest BCUT2D eigenvalue weighted by molar-refractivity contribution is -0.384. The van der Waals surface area contributed by atoms with Crippen molar-refractivity contribution in [1.82, 2.24) is 10.2 Å². The third kappa shape index (κ3) is 5.92. The second kappa shape index (κ2) is 10.2. The molecule has 2 N–H and O–H groups in total. The van der Waals surface area contributed by atoms with Crippen LogP contribution in [0.25, 0.3) is 0 Å². The Balaban J connectivity index is 1.62. The average molecular weight is 460 g/mol. The highest BCUT2D eigenvalue weighted by Gasteiger charge is 2.20. The number of benzene rings is 2. The maximum absolute atomic E-state index is 12.6. The number of anilines is 3. The number of rotatable bonds is 9. The standard InChI is InChI=1S/C20H21N5O4S2/c1-4-13-5-7-14(8-6-13)21-19-23-24-20(31-19)30-12(2)18(26)22-16-11-15(25(27)28)9-10-17(16)29-3/h5-12H,4H2,1-3H3,(H,21,23)(H,22,26)/t12-/m0/s1. The number of hydrogen-bond donors (Lipinski definition) is 2. The molecule has 3 rings (SSSR count). The minimum absolute atomic E-state index is 0.136. The van der Waals surface area contributed by atoms with Gasteiger partial charge in [0, 0.05) is 17.8 Å². The van der Waals surface area contributed by atoms with Gasteiger partial charge in [0.2, 0.25) is 11.0 Å². The van der Waals surface area contributed by atoms with Crippen LogP contribution < -0.4 is 15.4 Å². The number of thioether (sulfide) groups is 1. The van der Waals surface area contributed by atoms with Crippen LogP contribution in [0.15, 0.2) is 46.8 Å². The molecule has 2 aromatic carbocycles. The monoisotopic (exact) mass is 459 g/mol. The van der Waals surface area contributed by atoms with Crippen molar-refractivity contribution >= 4 is 51.2 Å². The molecule has 1 atom stereocenters. The van der Waals surface area contributed by atoms with Crippen LogP contribution in [-0.2, 0) is 11.2 Å². The third-order valence-electron chi connectivity index (χ3n) is 4.32. The van der Waals surface area contributed by atoms with E-state index in [4.69, 9.17) is 4.74 Å². The number of nitro benzene ring substituents is 1. The van der Waals surface area contributed by atoms with Gasteiger partial charge in [-0.25, -0.2) is 0 Å². The zero-order chi connectivity index (χ0) is 22.4. The van der Waals surface area contributed by atoms with Gasteiger partial charge in [0.05, 0.1) is 23.0 Å². The first-order valence-corrected chi connectivity index (χ1v) is 11.1. The molecule has 1 heterocycles. The van der Waals surface area contributed by atoms with Crippen LogP contribution in [0, 0.1) is 10.1 Å². The van der Waals surface area contributed by atoms with Crippen molar-refractivity contribution in [1.29, 1.82) is 0 Å². The summed E-state index contributed by atoms with van der Waals surface area (Å²) in [7, 11) is 1.43. The summed E-state index contributed by atoms with van der Waals surface area (Å²) in [5, 5.41) is 25.3. The summed E-state index contributed by atoms with van der Waals surface area (Å²) in [6.07, 6.45) is 0.974. The normalized spacial score (nSPS) is 11.6. The lowest BCUT2D eigenvalue weighted by Crippen LogP contribution is -2.22. The fourth-order valence-corrected chi connectivity index (χ4v) is 4.52. The first-order valence-electron chi connectivity index (χ1n) is 9.39. The van der Waals surface area contributed by atoms with Gasteiger partial charge >= 0.3 is 0 Å². The number of ether oxygens (including phenoxy) is 1. The largest absolute Gasteiger partial charge is 0.495 e. The SMILES string of the molecule is CCc1ccc(Nc2nnc(S[C@@H](C)C(=O)Nc3cc([N+](=O)[O-])ccc3OC)s2)cc1. The molecule has 162 valence electrons. The quantitative estimate of drug-likeness (QED) is 0.264. The number of nitro groups is 1. The molecule has 0 aliphatic carbocycles. The molecule has 1 aromatic heterocycles. The van der Waals surface area contributed by atoms with Crippen LogP contribution in [0.4, 0.5) is 22.2 Å². The first kappa shape index (κ1) is 22.5. The molecule has 1 amide bonds. The van der Waals surface area contributed by atoms with Gasteiger partial charge in [0.15, 0.2) is 4.34 Å². The fraction of sp³-hybridized carbons (Fsp3) is 0.250. The maximum atomic E-state index is 12.6. The Morgan fingerprint density at radius 3 is 2.65 bits per heavy atom. The molecular weight excluding hydrogens is 438 g/mol. The summed E-state index contributed by atoms with van der Waals surface area (Å²) in [6.45, 7) is 3.82. The van der Waals surface area contributed by atoms with Crippen LogP contribution in [0.3, 0.4) is 0 Å². The molecule has 0 radical (unpaired) electrons. The summed E-state index contributed by atoms with van der Waals surface area (Å²) in [6, 6.07) is 12.1. The van der Waals surface area contributed by atoms with Gasteiger partial charge in [-0.05, 0) is 37.1 Å². The van der Waals surface area contributed by atoms with Crippen LogP contribution in [0.5, 0.6) is 5.75 Å². The van der Waals surface area contributed by atoms with E-state index in [0.717, 1.165) is 12.1 Å². The highest BCUT2D eigenvalue weighted by atomic mass is 32.2. The Bertz CT molecular complexity index is 1070. The Morgan fingerprint density at radius 1 is 1.26 bits per heavy atom. The molecule has 0 spiro atoms. The molecule has 0 unspecified atom stereocenters. The molecule has 0 bridgehead atoms. The Hall–Kier alpha value is -3.18. The van der Waals surface area contributed by atoms with Gasteiger partial charge < -0.3 is 15.4 Å². The first-order chi connectivity index (χ1) is 14.9. The number of nitrogens with zero attached hydrogens (tertiary/aromatic N) is 3. The van der Waals surface area contributed by atoms with Gasteiger partial charge in [-0.3, -0.25) is 14.9 Å². The topological polar surface area (TPSA) is 119 Å². The molecule has 0 saturated heterocycles. The molecule has 31 heavy (non-hydrogen) atoms. The number of carbonyl (C=O) groups excluding carboxylic acids is 1. The highest BCUT2D eigenvalue weighted by Crippen LogP contribution is 2.33. The Morgan fingerprint density at radius 2 is 2.00 bits per heavy atom. The summed E-state index contributed by atoms with van der Waals surface area (Å²) >= 11 is 2.59. The Labute approximate surface area is 187 Å². The van der Waals surface area contributed by atoms with E-state index in [2.05, 4.69) is 27.8 Å². The van der Waals surface area contributed by atoms with E-state index in [-0.39, 0.29) is 17.3 Å². The molecule has 9 nitrogen and oxygen atoms in total. The molecule has 0 fully saturated rings. The van der Waals surface area contributed by atoms with Crippen molar-refractivity contribution in [3.05, 3.63) is 58.1 Å². The second-order valence-electron chi connectivity index (χ2n) is 6.44. The Kier molecular flexibility index (Phi) is 7.42.